The molecule has 94 heavy (non-hydrogen) atoms. The molecule has 2 nitrogen and oxygen atoms in total. The minimum absolute atomic E-state index is 0.0255. The lowest BCUT2D eigenvalue weighted by molar-refractivity contribution is 0.591. The molecule has 0 saturated carbocycles. The minimum atomic E-state index is -0.529. The van der Waals surface area contributed by atoms with Crippen LogP contribution in [0.15, 0.2) is 313 Å². The van der Waals surface area contributed by atoms with Crippen LogP contribution in [0.5, 0.6) is 0 Å². The predicted octanol–water partition coefficient (Wildman–Crippen LogP) is 22.2. The number of hydrogen-bond donors (Lipinski definition) is 0. The number of thiophene rings is 1. The molecule has 2 aliphatic carbocycles. The minimum Gasteiger partial charge on any atom is -0.310 e. The molecule has 0 amide bonds. The fourth-order valence-electron chi connectivity index (χ4n) is 16.3. The number of para-hydroxylation sites is 2. The van der Waals surface area contributed by atoms with Gasteiger partial charge in [0.15, 0.2) is 0 Å². The van der Waals surface area contributed by atoms with Crippen molar-refractivity contribution in [2.45, 2.75) is 41.4 Å². The SMILES string of the molecule is [2H]c1c([2H])c([2H])c2c(c1[2H])c1c([2H])c([2H])c([2H])c([2H])c1n2-c1cc2c3c(c1)N(c1c(-c4ccccc4)cc(C(C)(C)C)cc1-c1ccccc1)c1cc(-c4ccc5c(c4)-c4ccccc4C54c5ccccc5-c5ccccc54)ccc1B3c1ccc3sc4ccc(-c5ccccc5)cc4c3c1S2. The lowest BCUT2D eigenvalue weighted by atomic mass is 9.34. The first-order valence-electron chi connectivity index (χ1n) is 36.2. The zero-order valence-electron chi connectivity index (χ0n) is 59.5. The van der Waals surface area contributed by atoms with Gasteiger partial charge in [-0.2, -0.15) is 0 Å². The van der Waals surface area contributed by atoms with Gasteiger partial charge in [0, 0.05) is 68.9 Å². The average Bonchev–Trinajstić information content (AvgIpc) is 1.45. The molecule has 0 saturated heterocycles. The lowest BCUT2D eigenvalue weighted by Crippen LogP contribution is -2.60. The molecular formula is C89H59BN2S2. The third-order valence-electron chi connectivity index (χ3n) is 20.5. The summed E-state index contributed by atoms with van der Waals surface area (Å²) in [6, 6.07) is 89.8. The molecular weight excluding hydrogens is 1170 g/mol. The zero-order valence-corrected chi connectivity index (χ0v) is 53.2. The summed E-state index contributed by atoms with van der Waals surface area (Å²) >= 11 is 3.48. The molecule has 16 aromatic rings. The second-order valence-electron chi connectivity index (χ2n) is 26.4. The van der Waals surface area contributed by atoms with Crippen LogP contribution < -0.4 is 21.3 Å². The second kappa shape index (κ2) is 20.2. The van der Waals surface area contributed by atoms with Crippen LogP contribution in [-0.4, -0.2) is 11.3 Å². The molecule has 0 bridgehead atoms. The number of anilines is 3. The Kier molecular flexibility index (Phi) is 9.95. The summed E-state index contributed by atoms with van der Waals surface area (Å²) in [5, 5.41) is 2.34. The van der Waals surface area contributed by atoms with Gasteiger partial charge >= 0.3 is 0 Å². The van der Waals surface area contributed by atoms with E-state index < -0.39 is 29.6 Å². The molecule has 14 aromatic carbocycles. The Bertz CT molecular complexity index is 6210. The first kappa shape index (κ1) is 46.4. The molecule has 0 radical (unpaired) electrons. The van der Waals surface area contributed by atoms with Crippen LogP contribution in [0.2, 0.25) is 0 Å². The number of fused-ring (bicyclic) bond motifs is 21. The number of benzene rings is 14. The van der Waals surface area contributed by atoms with E-state index in [1.165, 1.54) is 44.5 Å². The van der Waals surface area contributed by atoms with E-state index in [1.54, 1.807) is 27.7 Å². The first-order valence-corrected chi connectivity index (χ1v) is 33.8. The molecule has 5 heteroatoms. The Labute approximate surface area is 567 Å². The van der Waals surface area contributed by atoms with E-state index in [-0.39, 0.29) is 58.1 Å². The van der Waals surface area contributed by atoms with Gasteiger partial charge in [0.25, 0.3) is 0 Å². The molecule has 1 spiro atoms. The Morgan fingerprint density at radius 2 is 0.915 bits per heavy atom. The van der Waals surface area contributed by atoms with E-state index in [0.29, 0.717) is 5.69 Å². The molecule has 2 aromatic heterocycles. The van der Waals surface area contributed by atoms with Gasteiger partial charge in [0.2, 0.25) is 6.71 Å². The molecule has 20 rings (SSSR count). The number of nitrogens with zero attached hydrogens (tertiary/aromatic N) is 2. The van der Waals surface area contributed by atoms with Crippen molar-refractivity contribution < 1.29 is 11.0 Å². The molecule has 4 heterocycles. The maximum Gasteiger partial charge on any atom is 0.249 e. The van der Waals surface area contributed by atoms with Gasteiger partial charge < -0.3 is 9.47 Å². The van der Waals surface area contributed by atoms with Crippen molar-refractivity contribution in [1.82, 2.24) is 4.57 Å². The number of rotatable bonds is 6. The molecule has 4 aliphatic rings. The Balaban J connectivity index is 0.932. The maximum atomic E-state index is 9.90. The van der Waals surface area contributed by atoms with Gasteiger partial charge in [-0.25, -0.2) is 0 Å². The van der Waals surface area contributed by atoms with Gasteiger partial charge in [-0.15, -0.1) is 11.3 Å². The largest absolute Gasteiger partial charge is 0.310 e. The molecule has 0 fully saturated rings. The van der Waals surface area contributed by atoms with Crippen LogP contribution in [-0.2, 0) is 10.8 Å². The van der Waals surface area contributed by atoms with Crippen molar-refractivity contribution in [3.63, 3.8) is 0 Å². The summed E-state index contributed by atoms with van der Waals surface area (Å²) < 4.78 is 79.9. The van der Waals surface area contributed by atoms with Gasteiger partial charge in [0.05, 0.1) is 33.1 Å². The fraction of sp³-hybridized carbons (Fsp3) is 0.0562. The van der Waals surface area contributed by atoms with Crippen LogP contribution in [0.3, 0.4) is 0 Å². The van der Waals surface area contributed by atoms with Crippen molar-refractivity contribution in [2.75, 3.05) is 4.90 Å². The lowest BCUT2D eigenvalue weighted by Gasteiger charge is -2.42. The van der Waals surface area contributed by atoms with Crippen LogP contribution in [0, 0.1) is 0 Å². The van der Waals surface area contributed by atoms with Crippen LogP contribution in [0.1, 0.15) is 59.6 Å². The fourth-order valence-corrected chi connectivity index (χ4v) is 18.9. The topological polar surface area (TPSA) is 8.17 Å². The highest BCUT2D eigenvalue weighted by molar-refractivity contribution is 8.00. The average molecular weight is 1240 g/mol. The first-order chi connectivity index (χ1) is 49.6. The van der Waals surface area contributed by atoms with E-state index in [9.17, 15) is 8.22 Å². The van der Waals surface area contributed by atoms with E-state index >= 15 is 0 Å². The third kappa shape index (κ3) is 7.62. The van der Waals surface area contributed by atoms with Crippen LogP contribution >= 0.6 is 23.1 Å². The molecule has 0 N–H and O–H groups in total. The van der Waals surface area contributed by atoms with Gasteiger partial charge in [-0.05, 0) is 166 Å². The Morgan fingerprint density at radius 1 is 0.404 bits per heavy atom. The van der Waals surface area contributed by atoms with E-state index in [2.05, 4.69) is 274 Å². The van der Waals surface area contributed by atoms with E-state index in [1.807, 2.05) is 6.07 Å². The summed E-state index contributed by atoms with van der Waals surface area (Å²) in [7, 11) is 0. The summed E-state index contributed by atoms with van der Waals surface area (Å²) in [6.07, 6.45) is 0. The van der Waals surface area contributed by atoms with Crippen LogP contribution in [0.25, 0.3) is 114 Å². The van der Waals surface area contributed by atoms with Gasteiger partial charge in [-0.3, -0.25) is 0 Å². The predicted molar refractivity (Wildman–Crippen MR) is 400 cm³/mol. The quantitative estimate of drug-likeness (QED) is 0.153. The van der Waals surface area contributed by atoms with Gasteiger partial charge in [-0.1, -0.05) is 274 Å². The van der Waals surface area contributed by atoms with Crippen molar-refractivity contribution in [2.24, 2.45) is 0 Å². The Morgan fingerprint density at radius 3 is 1.54 bits per heavy atom. The molecule has 0 unspecified atom stereocenters. The zero-order chi connectivity index (χ0) is 69.1. The molecule has 0 atom stereocenters. The van der Waals surface area contributed by atoms with E-state index in [0.717, 1.165) is 113 Å². The highest BCUT2D eigenvalue weighted by atomic mass is 32.2. The maximum absolute atomic E-state index is 9.90. The second-order valence-corrected chi connectivity index (χ2v) is 28.5. The number of aromatic nitrogens is 1. The summed E-state index contributed by atoms with van der Waals surface area (Å²) in [4.78, 5) is 4.47. The van der Waals surface area contributed by atoms with Crippen molar-refractivity contribution >= 4 is 105 Å². The smallest absolute Gasteiger partial charge is 0.249 e. The Hall–Kier alpha value is -10.7. The van der Waals surface area contributed by atoms with E-state index in [4.69, 9.17) is 2.74 Å². The van der Waals surface area contributed by atoms with Gasteiger partial charge in [0.1, 0.15) is 0 Å². The van der Waals surface area contributed by atoms with Crippen molar-refractivity contribution in [3.05, 3.63) is 331 Å². The highest BCUT2D eigenvalue weighted by Crippen LogP contribution is 2.63. The number of hydrogen-bond acceptors (Lipinski definition) is 3. The standard InChI is InChI=1S/C89H59BN2S2/c1-88(2,3)60-50-67(55-25-9-5-10-26-55)86(68(51-60)56-27-11-6-12-28-56)92-79-49-59(58-39-42-74-69(47-58)64-31-15-20-36-73(64)89(74)71-34-18-13-29-62(71)63-30-14-19-35-72(63)89)40-43-75(79)90-76-44-46-82-84(70-48-57(41-45-81(70)93-82)54-23-7-4-8-24-54)87(76)94-83-53-61(52-80(92)85(83)90)91-77-37-21-16-32-65(77)66-33-17-22-38-78(66)91/h4-53H,1-3H3/i16D,17D,21D,22D,32D,33D,37D,38D. The van der Waals surface area contributed by atoms with Crippen molar-refractivity contribution in [3.8, 4) is 72.4 Å². The summed E-state index contributed by atoms with van der Waals surface area (Å²) in [5.41, 5.74) is 25.1. The highest BCUT2D eigenvalue weighted by Gasteiger charge is 2.52. The van der Waals surface area contributed by atoms with Crippen molar-refractivity contribution in [1.29, 1.82) is 0 Å². The monoisotopic (exact) mass is 1240 g/mol. The summed E-state index contributed by atoms with van der Waals surface area (Å²) in [5.74, 6) is 0. The third-order valence-corrected chi connectivity index (χ3v) is 22.8. The van der Waals surface area contributed by atoms with Crippen LogP contribution in [0.4, 0.5) is 17.1 Å². The summed E-state index contributed by atoms with van der Waals surface area (Å²) in [6.45, 7) is 6.42. The normalized spacial score (nSPS) is 14.9. The molecule has 440 valence electrons. The molecule has 2 aliphatic heterocycles.